The highest BCUT2D eigenvalue weighted by molar-refractivity contribution is 6.35. The summed E-state index contributed by atoms with van der Waals surface area (Å²) in [5.41, 5.74) is -0.0697. The second-order valence-electron chi connectivity index (χ2n) is 6.98. The number of benzene rings is 2. The Balaban J connectivity index is 0.00000450. The van der Waals surface area contributed by atoms with Crippen LogP contribution in [0.25, 0.3) is 0 Å². The minimum atomic E-state index is -1.19. The first-order valence-electron chi connectivity index (χ1n) is 9.27. The first-order valence-corrected chi connectivity index (χ1v) is 9.64. The van der Waals surface area contributed by atoms with Gasteiger partial charge in [-0.25, -0.2) is 9.18 Å². The molecule has 2 aromatic carbocycles. The van der Waals surface area contributed by atoms with Crippen molar-refractivity contribution >= 4 is 29.1 Å². The molecule has 0 fully saturated rings. The number of hydrogen-bond acceptors (Lipinski definition) is 4. The van der Waals surface area contributed by atoms with Gasteiger partial charge in [-0.3, -0.25) is 9.59 Å². The second-order valence-corrected chi connectivity index (χ2v) is 7.38. The lowest BCUT2D eigenvalue weighted by Crippen LogP contribution is -2.32. The summed E-state index contributed by atoms with van der Waals surface area (Å²) in [7, 11) is 0. The lowest BCUT2D eigenvalue weighted by atomic mass is 9.95. The maximum absolute atomic E-state index is 15.4. The second kappa shape index (κ2) is 9.76. The molecule has 7 heteroatoms. The molecular weight excluding hydrogens is 397 g/mol. The zero-order chi connectivity index (χ0) is 21.7. The van der Waals surface area contributed by atoms with E-state index in [1.165, 1.54) is 43.3 Å². The molecule has 0 amide bonds. The van der Waals surface area contributed by atoms with Gasteiger partial charge in [0, 0.05) is 32.5 Å². The van der Waals surface area contributed by atoms with E-state index in [9.17, 15) is 14.4 Å². The molecule has 0 heterocycles. The van der Waals surface area contributed by atoms with E-state index in [4.69, 9.17) is 16.7 Å². The van der Waals surface area contributed by atoms with E-state index < -0.39 is 23.6 Å². The van der Waals surface area contributed by atoms with Crippen LogP contribution in [0.2, 0.25) is 5.02 Å². The molecule has 0 bridgehead atoms. The molecule has 158 valence electrons. The molecule has 0 saturated carbocycles. The fraction of sp³-hybridized carbons (Fsp3) is 0.318. The van der Waals surface area contributed by atoms with Crippen LogP contribution in [0.15, 0.2) is 36.4 Å². The molecule has 0 saturated heterocycles. The van der Waals surface area contributed by atoms with Crippen LogP contribution in [-0.2, 0) is 4.79 Å². The number of carbonyl (C=O) groups excluding carboxylic acids is 2. The van der Waals surface area contributed by atoms with Crippen molar-refractivity contribution in [2.24, 2.45) is 0 Å². The number of hydrogen-bond donors (Lipinski definition) is 2. The SMILES string of the molecule is CC[C@@H](N[C@@H](C)CC(C)=O)c1ccc(Cl)c(C(=O)c2cccc(C(=O)O)c2)c1F.[HH].[HH]. The molecule has 0 aromatic heterocycles. The summed E-state index contributed by atoms with van der Waals surface area (Å²) in [5, 5.41) is 12.3. The summed E-state index contributed by atoms with van der Waals surface area (Å²) in [5.74, 6) is -2.61. The number of carboxylic acids is 1. The fourth-order valence-electron chi connectivity index (χ4n) is 3.24. The van der Waals surface area contributed by atoms with Crippen LogP contribution >= 0.6 is 11.6 Å². The van der Waals surface area contributed by atoms with Gasteiger partial charge in [-0.2, -0.15) is 0 Å². The van der Waals surface area contributed by atoms with Gasteiger partial charge in [-0.15, -0.1) is 0 Å². The third kappa shape index (κ3) is 5.49. The molecule has 2 N–H and O–H groups in total. The topological polar surface area (TPSA) is 83.5 Å². The van der Waals surface area contributed by atoms with Crippen molar-refractivity contribution in [2.45, 2.75) is 45.7 Å². The number of Topliss-reactive ketones (excluding diaryl/α,β-unsaturated/α-hetero) is 1. The van der Waals surface area contributed by atoms with E-state index in [1.807, 2.05) is 13.8 Å². The third-order valence-electron chi connectivity index (χ3n) is 4.58. The maximum Gasteiger partial charge on any atom is 0.335 e. The van der Waals surface area contributed by atoms with Crippen molar-refractivity contribution in [3.05, 3.63) is 69.5 Å². The summed E-state index contributed by atoms with van der Waals surface area (Å²) in [4.78, 5) is 35.4. The van der Waals surface area contributed by atoms with Crippen molar-refractivity contribution in [1.29, 1.82) is 0 Å². The largest absolute Gasteiger partial charge is 0.478 e. The minimum Gasteiger partial charge on any atom is -0.478 e. The molecule has 0 aliphatic heterocycles. The average molecular weight is 424 g/mol. The number of nitrogens with one attached hydrogen (secondary N) is 1. The Labute approximate surface area is 176 Å². The molecule has 2 atom stereocenters. The predicted octanol–water partition coefficient (Wildman–Crippen LogP) is 5.31. The van der Waals surface area contributed by atoms with Crippen molar-refractivity contribution in [1.82, 2.24) is 5.32 Å². The van der Waals surface area contributed by atoms with Gasteiger partial charge in [0.15, 0.2) is 5.78 Å². The van der Waals surface area contributed by atoms with Crippen LogP contribution in [-0.4, -0.2) is 28.7 Å². The first-order chi connectivity index (χ1) is 13.6. The van der Waals surface area contributed by atoms with Crippen LogP contribution < -0.4 is 5.32 Å². The monoisotopic (exact) mass is 423 g/mol. The molecule has 2 aromatic rings. The highest BCUT2D eigenvalue weighted by Crippen LogP contribution is 2.30. The Kier molecular flexibility index (Phi) is 7.65. The van der Waals surface area contributed by atoms with E-state index in [1.54, 1.807) is 0 Å². The Morgan fingerprint density at radius 1 is 1.21 bits per heavy atom. The Morgan fingerprint density at radius 3 is 2.45 bits per heavy atom. The quantitative estimate of drug-likeness (QED) is 0.534. The van der Waals surface area contributed by atoms with Crippen molar-refractivity contribution in [2.75, 3.05) is 0 Å². The average Bonchev–Trinajstić information content (AvgIpc) is 2.66. The van der Waals surface area contributed by atoms with E-state index >= 15 is 4.39 Å². The van der Waals surface area contributed by atoms with Gasteiger partial charge in [0.25, 0.3) is 0 Å². The van der Waals surface area contributed by atoms with Crippen LogP contribution in [0.5, 0.6) is 0 Å². The summed E-state index contributed by atoms with van der Waals surface area (Å²) < 4.78 is 15.4. The molecular formula is C22H27ClFNO4. The number of ketones is 2. The fourth-order valence-corrected chi connectivity index (χ4v) is 3.48. The smallest absolute Gasteiger partial charge is 0.335 e. The van der Waals surface area contributed by atoms with Crippen LogP contribution in [0.3, 0.4) is 0 Å². The summed E-state index contributed by atoms with van der Waals surface area (Å²) in [6.45, 7) is 5.19. The van der Waals surface area contributed by atoms with Gasteiger partial charge in [0.2, 0.25) is 0 Å². The zero-order valence-corrected chi connectivity index (χ0v) is 17.2. The lowest BCUT2D eigenvalue weighted by Gasteiger charge is -2.23. The Bertz CT molecular complexity index is 955. The van der Waals surface area contributed by atoms with Gasteiger partial charge in [0.05, 0.1) is 16.1 Å². The predicted molar refractivity (Wildman–Crippen MR) is 113 cm³/mol. The number of aromatic carboxylic acids is 1. The van der Waals surface area contributed by atoms with Crippen molar-refractivity contribution < 1.29 is 26.7 Å². The molecule has 29 heavy (non-hydrogen) atoms. The van der Waals surface area contributed by atoms with Crippen molar-refractivity contribution in [3.8, 4) is 0 Å². The molecule has 0 spiro atoms. The highest BCUT2D eigenvalue weighted by Gasteiger charge is 2.25. The Hall–Kier alpha value is -2.57. The molecule has 2 rings (SSSR count). The first kappa shape index (κ1) is 22.7. The number of rotatable bonds is 9. The molecule has 0 aliphatic rings. The highest BCUT2D eigenvalue weighted by atomic mass is 35.5. The summed E-state index contributed by atoms with van der Waals surface area (Å²) in [6.07, 6.45) is 0.836. The summed E-state index contributed by atoms with van der Waals surface area (Å²) >= 11 is 6.13. The minimum absolute atomic E-state index is 0. The van der Waals surface area contributed by atoms with Crippen molar-refractivity contribution in [3.63, 3.8) is 0 Å². The van der Waals surface area contributed by atoms with Gasteiger partial charge in [-0.1, -0.05) is 36.7 Å². The van der Waals surface area contributed by atoms with Gasteiger partial charge >= 0.3 is 5.97 Å². The Morgan fingerprint density at radius 2 is 1.86 bits per heavy atom. The molecule has 5 nitrogen and oxygen atoms in total. The lowest BCUT2D eigenvalue weighted by molar-refractivity contribution is -0.117. The zero-order valence-electron chi connectivity index (χ0n) is 16.5. The molecule has 0 unspecified atom stereocenters. The molecule has 0 aliphatic carbocycles. The van der Waals surface area contributed by atoms with Crippen LogP contribution in [0.1, 0.15) is 74.4 Å². The van der Waals surface area contributed by atoms with E-state index in [0.29, 0.717) is 12.8 Å². The normalized spacial score (nSPS) is 13.0. The summed E-state index contributed by atoms with van der Waals surface area (Å²) in [6, 6.07) is 7.77. The van der Waals surface area contributed by atoms with E-state index in [2.05, 4.69) is 5.32 Å². The molecule has 0 radical (unpaired) electrons. The van der Waals surface area contributed by atoms with Gasteiger partial charge in [0.1, 0.15) is 11.6 Å². The number of carbonyl (C=O) groups is 3. The van der Waals surface area contributed by atoms with Crippen LogP contribution in [0, 0.1) is 5.82 Å². The standard InChI is InChI=1S/C22H23ClFNO4.2H2/c1-4-18(25-12(2)10-13(3)26)16-8-9-17(23)19(20(16)24)21(27)14-6-5-7-15(11-14)22(28)29;;/h5-9,11-12,18,25H,4,10H2,1-3H3,(H,28,29);2*1H/t12-,18+;;/m0../s1. The van der Waals surface area contributed by atoms with Gasteiger partial charge in [-0.05, 0) is 38.5 Å². The number of halogens is 2. The number of carboxylic acid groups (broad SMARTS) is 1. The maximum atomic E-state index is 15.4. The van der Waals surface area contributed by atoms with Gasteiger partial charge < -0.3 is 10.4 Å². The van der Waals surface area contributed by atoms with Crippen LogP contribution in [0.4, 0.5) is 4.39 Å². The van der Waals surface area contributed by atoms with E-state index in [-0.39, 0.29) is 42.0 Å². The third-order valence-corrected chi connectivity index (χ3v) is 4.90. The van der Waals surface area contributed by atoms with E-state index in [0.717, 1.165) is 0 Å².